The molecule has 3 aromatic heterocycles. The lowest BCUT2D eigenvalue weighted by Gasteiger charge is -2.17. The number of para-hydroxylation sites is 1. The first-order valence-electron chi connectivity index (χ1n) is 18.6. The molecule has 266 valence electrons. The van der Waals surface area contributed by atoms with Gasteiger partial charge in [0.1, 0.15) is 0 Å². The highest BCUT2D eigenvalue weighted by atomic mass is 15.1. The first-order valence-corrected chi connectivity index (χ1v) is 18.6. The van der Waals surface area contributed by atoms with Crippen molar-refractivity contribution >= 4 is 27.5 Å². The van der Waals surface area contributed by atoms with Crippen LogP contribution in [0.25, 0.3) is 100 Å². The van der Waals surface area contributed by atoms with Gasteiger partial charge in [-0.2, -0.15) is 0 Å². The van der Waals surface area contributed by atoms with Gasteiger partial charge in [-0.3, -0.25) is 0 Å². The summed E-state index contributed by atoms with van der Waals surface area (Å²) < 4.78 is 2.22. The maximum Gasteiger partial charge on any atom is 0.189 e. The van der Waals surface area contributed by atoms with Crippen molar-refractivity contribution in [1.29, 1.82) is 0 Å². The van der Waals surface area contributed by atoms with E-state index in [0.717, 1.165) is 72.3 Å². The fourth-order valence-electron chi connectivity index (χ4n) is 7.35. The second kappa shape index (κ2) is 14.3. The quantitative estimate of drug-likeness (QED) is 0.153. The molecular weight excluding hydrogens is 699 g/mol. The number of nitrogens with zero attached hydrogens (tertiary/aromatic N) is 7. The molecule has 10 rings (SSSR count). The Morgan fingerprint density at radius 3 is 1.46 bits per heavy atom. The number of benzene rings is 7. The first-order chi connectivity index (χ1) is 28.2. The smallest absolute Gasteiger partial charge is 0.189 e. The lowest BCUT2D eigenvalue weighted by molar-refractivity contribution is 1.06. The van der Waals surface area contributed by atoms with E-state index in [2.05, 4.69) is 51.9 Å². The lowest BCUT2D eigenvalue weighted by Crippen LogP contribution is -2.04. The molecule has 0 fully saturated rings. The number of hydrogen-bond donors (Lipinski definition) is 0. The molecule has 0 radical (unpaired) electrons. The predicted octanol–water partition coefficient (Wildman–Crippen LogP) is 12.3. The van der Waals surface area contributed by atoms with Crippen LogP contribution in [0.5, 0.6) is 0 Å². The van der Waals surface area contributed by atoms with Gasteiger partial charge in [0, 0.05) is 49.7 Å². The molecule has 0 atom stereocenters. The van der Waals surface area contributed by atoms with Crippen LogP contribution in [0.15, 0.2) is 188 Å². The van der Waals surface area contributed by atoms with Gasteiger partial charge in [-0.15, -0.1) is 0 Å². The fourth-order valence-corrected chi connectivity index (χ4v) is 7.35. The molecule has 0 amide bonds. The zero-order chi connectivity index (χ0) is 38.1. The van der Waals surface area contributed by atoms with Crippen LogP contribution in [-0.4, -0.2) is 29.5 Å². The van der Waals surface area contributed by atoms with Crippen molar-refractivity contribution in [3.05, 3.63) is 199 Å². The zero-order valence-electron chi connectivity index (χ0n) is 30.5. The third-order valence-corrected chi connectivity index (χ3v) is 10.1. The Kier molecular flexibility index (Phi) is 8.40. The van der Waals surface area contributed by atoms with E-state index in [1.54, 1.807) is 0 Å². The molecule has 10 aromatic rings. The molecule has 57 heavy (non-hydrogen) atoms. The average molecular weight is 730 g/mol. The SMILES string of the molecule is [C-]#[N+]c1ccc2c3ccccc3n(-c3ccc(-c4cc(-c5ccccc5)nc(-c5ccccc5)n4)cc3-c3nc(-c4ccccc4)nc(-c4ccccc4)n3)c2c1. The molecule has 0 saturated heterocycles. The van der Waals surface area contributed by atoms with Crippen molar-refractivity contribution in [2.75, 3.05) is 0 Å². The summed E-state index contributed by atoms with van der Waals surface area (Å²) in [6.07, 6.45) is 0. The van der Waals surface area contributed by atoms with Crippen molar-refractivity contribution in [3.63, 3.8) is 0 Å². The van der Waals surface area contributed by atoms with Crippen LogP contribution in [0.4, 0.5) is 5.69 Å². The summed E-state index contributed by atoms with van der Waals surface area (Å²) in [6.45, 7) is 7.88. The molecule has 7 aromatic carbocycles. The van der Waals surface area contributed by atoms with Gasteiger partial charge in [0.15, 0.2) is 29.0 Å². The minimum absolute atomic E-state index is 0.507. The minimum atomic E-state index is 0.507. The van der Waals surface area contributed by atoms with Gasteiger partial charge in [-0.05, 0) is 30.3 Å². The van der Waals surface area contributed by atoms with Gasteiger partial charge in [0.25, 0.3) is 0 Å². The van der Waals surface area contributed by atoms with Gasteiger partial charge in [0.05, 0.1) is 29.2 Å². The monoisotopic (exact) mass is 729 g/mol. The Balaban J connectivity index is 1.28. The molecule has 0 N–H and O–H groups in total. The molecule has 0 aliphatic carbocycles. The Morgan fingerprint density at radius 1 is 0.368 bits per heavy atom. The van der Waals surface area contributed by atoms with Crippen molar-refractivity contribution in [3.8, 4) is 73.8 Å². The van der Waals surface area contributed by atoms with Crippen LogP contribution in [-0.2, 0) is 0 Å². The summed E-state index contributed by atoms with van der Waals surface area (Å²) >= 11 is 0. The van der Waals surface area contributed by atoms with E-state index < -0.39 is 0 Å². The third-order valence-electron chi connectivity index (χ3n) is 10.1. The van der Waals surface area contributed by atoms with Crippen LogP contribution in [0.2, 0.25) is 0 Å². The van der Waals surface area contributed by atoms with Crippen LogP contribution in [0.1, 0.15) is 0 Å². The summed E-state index contributed by atoms with van der Waals surface area (Å²) in [5, 5.41) is 2.13. The highest BCUT2D eigenvalue weighted by Crippen LogP contribution is 2.39. The van der Waals surface area contributed by atoms with E-state index in [-0.39, 0.29) is 0 Å². The maximum absolute atomic E-state index is 7.88. The van der Waals surface area contributed by atoms with E-state index in [1.807, 2.05) is 146 Å². The Hall–Kier alpha value is -8.08. The molecule has 3 heterocycles. The van der Waals surface area contributed by atoms with Gasteiger partial charge in [-0.1, -0.05) is 158 Å². The molecule has 0 saturated carbocycles. The molecule has 0 unspecified atom stereocenters. The van der Waals surface area contributed by atoms with E-state index in [1.165, 1.54) is 0 Å². The first kappa shape index (κ1) is 33.5. The maximum atomic E-state index is 7.88. The molecule has 0 bridgehead atoms. The van der Waals surface area contributed by atoms with Gasteiger partial charge < -0.3 is 4.57 Å². The third kappa shape index (κ3) is 6.27. The normalized spacial score (nSPS) is 11.1. The number of hydrogen-bond acceptors (Lipinski definition) is 5. The topological polar surface area (TPSA) is 73.7 Å². The standard InChI is InChI=1S/C50H31N7/c1-51-38-27-28-40-39-24-14-15-25-44(39)57(46(40)31-38)45-29-26-37(43-32-42(33-16-6-2-7-17-33)52-47(53-43)34-18-8-3-9-19-34)30-41(45)50-55-48(35-20-10-4-11-21-35)54-49(56-50)36-22-12-5-13-23-36/h2-32H. The van der Waals surface area contributed by atoms with E-state index in [4.69, 9.17) is 31.5 Å². The highest BCUT2D eigenvalue weighted by molar-refractivity contribution is 6.10. The van der Waals surface area contributed by atoms with Crippen LogP contribution < -0.4 is 0 Å². The molecule has 0 aliphatic heterocycles. The largest absolute Gasteiger partial charge is 0.310 e. The second-order valence-corrected chi connectivity index (χ2v) is 13.6. The average Bonchev–Trinajstić information content (AvgIpc) is 3.63. The van der Waals surface area contributed by atoms with Gasteiger partial charge in [0.2, 0.25) is 0 Å². The van der Waals surface area contributed by atoms with Crippen LogP contribution in [0, 0.1) is 6.57 Å². The Bertz CT molecular complexity index is 3000. The summed E-state index contributed by atoms with van der Waals surface area (Å²) in [5.74, 6) is 2.26. The molecule has 0 spiro atoms. The summed E-state index contributed by atoms with van der Waals surface area (Å²) in [6, 6.07) is 62.8. The van der Waals surface area contributed by atoms with Gasteiger partial charge >= 0.3 is 0 Å². The van der Waals surface area contributed by atoms with Crippen LogP contribution >= 0.6 is 0 Å². The van der Waals surface area contributed by atoms with Crippen molar-refractivity contribution < 1.29 is 0 Å². The Morgan fingerprint density at radius 2 is 0.860 bits per heavy atom. The lowest BCUT2D eigenvalue weighted by atomic mass is 10.0. The van der Waals surface area contributed by atoms with E-state index >= 15 is 0 Å². The highest BCUT2D eigenvalue weighted by Gasteiger charge is 2.21. The Labute approximate surface area is 329 Å². The summed E-state index contributed by atoms with van der Waals surface area (Å²) in [4.78, 5) is 29.4. The molecular formula is C50H31N7. The van der Waals surface area contributed by atoms with Gasteiger partial charge in [-0.25, -0.2) is 29.8 Å². The van der Waals surface area contributed by atoms with E-state index in [9.17, 15) is 0 Å². The molecule has 7 nitrogen and oxygen atoms in total. The molecule has 7 heteroatoms. The van der Waals surface area contributed by atoms with Crippen LogP contribution in [0.3, 0.4) is 0 Å². The zero-order valence-corrected chi connectivity index (χ0v) is 30.5. The summed E-state index contributed by atoms with van der Waals surface area (Å²) in [5.41, 5.74) is 10.2. The number of fused-ring (bicyclic) bond motifs is 3. The van der Waals surface area contributed by atoms with Crippen molar-refractivity contribution in [1.82, 2.24) is 29.5 Å². The second-order valence-electron chi connectivity index (χ2n) is 13.6. The van der Waals surface area contributed by atoms with Crippen molar-refractivity contribution in [2.24, 2.45) is 0 Å². The predicted molar refractivity (Wildman–Crippen MR) is 229 cm³/mol. The fraction of sp³-hybridized carbons (Fsp3) is 0. The minimum Gasteiger partial charge on any atom is -0.310 e. The van der Waals surface area contributed by atoms with Crippen molar-refractivity contribution in [2.45, 2.75) is 0 Å². The number of rotatable bonds is 7. The summed E-state index contributed by atoms with van der Waals surface area (Å²) in [7, 11) is 0. The van der Waals surface area contributed by atoms with E-state index in [0.29, 0.717) is 29.0 Å². The number of aromatic nitrogens is 6. The molecule has 0 aliphatic rings.